The van der Waals surface area contributed by atoms with Crippen molar-refractivity contribution in [3.8, 4) is 0 Å². The summed E-state index contributed by atoms with van der Waals surface area (Å²) in [5.41, 5.74) is 0. The van der Waals surface area contributed by atoms with E-state index >= 15 is 0 Å². The molecule has 4 heteroatoms. The quantitative estimate of drug-likeness (QED) is 0.440. The van der Waals surface area contributed by atoms with Crippen LogP contribution in [0.4, 0.5) is 0 Å². The Morgan fingerprint density at radius 2 is 2.36 bits per heavy atom. The van der Waals surface area contributed by atoms with Gasteiger partial charge in [0.1, 0.15) is 6.10 Å². The number of ether oxygens (including phenoxy) is 1. The summed E-state index contributed by atoms with van der Waals surface area (Å²) in [4.78, 5) is 0. The Bertz CT molecular complexity index is 106. The molecule has 0 radical (unpaired) electrons. The van der Waals surface area contributed by atoms with Gasteiger partial charge in [0.15, 0.2) is 0 Å². The second-order valence-electron chi connectivity index (χ2n) is 2.74. The smallest absolute Gasteiger partial charge is 0.321 e. The Labute approximate surface area is 69.5 Å². The van der Waals surface area contributed by atoms with Crippen molar-refractivity contribution >= 4 is 9.28 Å². The average Bonchev–Trinajstić information content (AvgIpc) is 2.81. The van der Waals surface area contributed by atoms with Crippen molar-refractivity contribution in [1.82, 2.24) is 0 Å². The normalized spacial score (nSPS) is 25.1. The zero-order valence-corrected chi connectivity index (χ0v) is 8.36. The molecular formula is C7H16O3Si. The van der Waals surface area contributed by atoms with Gasteiger partial charge >= 0.3 is 9.28 Å². The third-order valence-corrected chi connectivity index (χ3v) is 3.80. The van der Waals surface area contributed by atoms with Crippen LogP contribution in [0.1, 0.15) is 13.3 Å². The molecule has 3 nitrogen and oxygen atoms in total. The Hall–Kier alpha value is 0.0969. The highest BCUT2D eigenvalue weighted by Gasteiger charge is 2.24. The lowest BCUT2D eigenvalue weighted by Crippen LogP contribution is -2.22. The van der Waals surface area contributed by atoms with E-state index in [9.17, 15) is 0 Å². The predicted molar refractivity (Wildman–Crippen MR) is 44.9 cm³/mol. The Kier molecular flexibility index (Phi) is 4.07. The van der Waals surface area contributed by atoms with Crippen LogP contribution >= 0.6 is 0 Å². The minimum Gasteiger partial charge on any atom is -0.400 e. The maximum absolute atomic E-state index is 5.55. The van der Waals surface area contributed by atoms with Gasteiger partial charge in [0, 0.05) is 7.11 Å². The SMILES string of the molecule is CCC[SiH](OC)OCC1CO1. The van der Waals surface area contributed by atoms with Crippen molar-refractivity contribution in [2.24, 2.45) is 0 Å². The van der Waals surface area contributed by atoms with Crippen LogP contribution in [0.5, 0.6) is 0 Å². The standard InChI is InChI=1S/C7H16O3Si/c1-3-4-11(8-2)10-6-7-5-9-7/h7,11H,3-6H2,1-2H3. The molecule has 2 unspecified atom stereocenters. The molecule has 1 heterocycles. The molecule has 2 atom stereocenters. The summed E-state index contributed by atoms with van der Waals surface area (Å²) < 4.78 is 15.8. The first-order valence-electron chi connectivity index (χ1n) is 4.12. The first kappa shape index (κ1) is 9.19. The molecule has 0 bridgehead atoms. The van der Waals surface area contributed by atoms with Gasteiger partial charge in [-0.25, -0.2) is 0 Å². The zero-order chi connectivity index (χ0) is 8.10. The van der Waals surface area contributed by atoms with Crippen LogP contribution in [0.15, 0.2) is 0 Å². The number of hydrogen-bond acceptors (Lipinski definition) is 3. The van der Waals surface area contributed by atoms with Crippen molar-refractivity contribution in [2.75, 3.05) is 20.3 Å². The van der Waals surface area contributed by atoms with Crippen molar-refractivity contribution < 1.29 is 13.6 Å². The van der Waals surface area contributed by atoms with Crippen LogP contribution < -0.4 is 0 Å². The van der Waals surface area contributed by atoms with Crippen LogP contribution in [0.2, 0.25) is 6.04 Å². The van der Waals surface area contributed by atoms with Crippen LogP contribution in [-0.4, -0.2) is 35.7 Å². The molecule has 1 aliphatic heterocycles. The summed E-state index contributed by atoms with van der Waals surface area (Å²) in [5, 5.41) is 0. The molecule has 66 valence electrons. The van der Waals surface area contributed by atoms with Gasteiger partial charge in [0.05, 0.1) is 13.2 Å². The molecule has 1 saturated heterocycles. The molecule has 0 aliphatic carbocycles. The lowest BCUT2D eigenvalue weighted by Gasteiger charge is -2.11. The van der Waals surface area contributed by atoms with Gasteiger partial charge in [-0.1, -0.05) is 13.3 Å². The zero-order valence-electron chi connectivity index (χ0n) is 7.21. The molecule has 0 spiro atoms. The molecule has 0 aromatic heterocycles. The van der Waals surface area contributed by atoms with Crippen LogP contribution in [0.25, 0.3) is 0 Å². The lowest BCUT2D eigenvalue weighted by atomic mass is 10.5. The molecule has 0 N–H and O–H groups in total. The summed E-state index contributed by atoms with van der Waals surface area (Å²) in [6.07, 6.45) is 1.52. The molecular weight excluding hydrogens is 160 g/mol. The van der Waals surface area contributed by atoms with Gasteiger partial charge in [0.25, 0.3) is 0 Å². The molecule has 0 saturated carbocycles. The van der Waals surface area contributed by atoms with E-state index in [2.05, 4.69) is 6.92 Å². The third-order valence-electron chi connectivity index (χ3n) is 1.66. The minimum absolute atomic E-state index is 0.372. The van der Waals surface area contributed by atoms with Gasteiger partial charge in [-0.3, -0.25) is 0 Å². The summed E-state index contributed by atoms with van der Waals surface area (Å²) >= 11 is 0. The first-order valence-corrected chi connectivity index (χ1v) is 5.88. The minimum atomic E-state index is -1.31. The highest BCUT2D eigenvalue weighted by atomic mass is 28.3. The van der Waals surface area contributed by atoms with Gasteiger partial charge < -0.3 is 13.6 Å². The maximum atomic E-state index is 5.55. The monoisotopic (exact) mass is 176 g/mol. The molecule has 1 aliphatic rings. The van der Waals surface area contributed by atoms with Crippen molar-refractivity contribution in [3.05, 3.63) is 0 Å². The van der Waals surface area contributed by atoms with E-state index < -0.39 is 9.28 Å². The van der Waals surface area contributed by atoms with E-state index in [1.807, 2.05) is 0 Å². The molecule has 1 rings (SSSR count). The fourth-order valence-electron chi connectivity index (χ4n) is 0.884. The molecule has 0 aromatic rings. The predicted octanol–water partition coefficient (Wildman–Crippen LogP) is 0.679. The molecule has 11 heavy (non-hydrogen) atoms. The van der Waals surface area contributed by atoms with Crippen LogP contribution in [0.3, 0.4) is 0 Å². The van der Waals surface area contributed by atoms with Crippen LogP contribution in [-0.2, 0) is 13.6 Å². The number of hydrogen-bond donors (Lipinski definition) is 0. The largest absolute Gasteiger partial charge is 0.400 e. The highest BCUT2D eigenvalue weighted by Crippen LogP contribution is 2.10. The fraction of sp³-hybridized carbons (Fsp3) is 1.00. The summed E-state index contributed by atoms with van der Waals surface area (Å²) in [5.74, 6) is 0. The van der Waals surface area contributed by atoms with E-state index in [0.29, 0.717) is 6.10 Å². The van der Waals surface area contributed by atoms with Crippen molar-refractivity contribution in [1.29, 1.82) is 0 Å². The molecule has 0 amide bonds. The van der Waals surface area contributed by atoms with E-state index in [4.69, 9.17) is 13.6 Å². The fourth-order valence-corrected chi connectivity index (χ4v) is 2.32. The van der Waals surface area contributed by atoms with Gasteiger partial charge in [-0.15, -0.1) is 0 Å². The third kappa shape index (κ3) is 3.86. The Morgan fingerprint density at radius 3 is 2.82 bits per heavy atom. The van der Waals surface area contributed by atoms with E-state index in [1.165, 1.54) is 0 Å². The molecule has 0 aromatic carbocycles. The second kappa shape index (κ2) is 4.87. The summed E-state index contributed by atoms with van der Waals surface area (Å²) in [7, 11) is 0.427. The topological polar surface area (TPSA) is 31.0 Å². The van der Waals surface area contributed by atoms with Crippen molar-refractivity contribution in [3.63, 3.8) is 0 Å². The van der Waals surface area contributed by atoms with Crippen molar-refractivity contribution in [2.45, 2.75) is 25.5 Å². The van der Waals surface area contributed by atoms with Gasteiger partial charge in [-0.05, 0) is 6.04 Å². The number of epoxide rings is 1. The molecule has 1 fully saturated rings. The van der Waals surface area contributed by atoms with E-state index in [1.54, 1.807) is 7.11 Å². The maximum Gasteiger partial charge on any atom is 0.321 e. The van der Waals surface area contributed by atoms with Crippen LogP contribution in [0, 0.1) is 0 Å². The second-order valence-corrected chi connectivity index (χ2v) is 4.98. The number of rotatable bonds is 6. The van der Waals surface area contributed by atoms with E-state index in [-0.39, 0.29) is 0 Å². The van der Waals surface area contributed by atoms with Gasteiger partial charge in [-0.2, -0.15) is 0 Å². The Morgan fingerprint density at radius 1 is 1.64 bits per heavy atom. The summed E-state index contributed by atoms with van der Waals surface area (Å²) in [6.45, 7) is 3.76. The highest BCUT2D eigenvalue weighted by molar-refractivity contribution is 6.44. The first-order chi connectivity index (χ1) is 5.36. The summed E-state index contributed by atoms with van der Waals surface area (Å²) in [6, 6.07) is 1.10. The van der Waals surface area contributed by atoms with E-state index in [0.717, 1.165) is 25.7 Å². The average molecular weight is 176 g/mol. The lowest BCUT2D eigenvalue weighted by molar-refractivity contribution is 0.204. The Balaban J connectivity index is 1.98. The van der Waals surface area contributed by atoms with Gasteiger partial charge in [0.2, 0.25) is 0 Å².